The van der Waals surface area contributed by atoms with Gasteiger partial charge in [0.25, 0.3) is 0 Å². The molecule has 0 spiro atoms. The Morgan fingerprint density at radius 1 is 1.14 bits per heavy atom. The van der Waals surface area contributed by atoms with E-state index in [4.69, 9.17) is 10.5 Å². The van der Waals surface area contributed by atoms with E-state index >= 15 is 0 Å². The average Bonchev–Trinajstić information content (AvgIpc) is 2.48. The van der Waals surface area contributed by atoms with Crippen LogP contribution in [0, 0.1) is 11.6 Å². The maximum atomic E-state index is 14.2. The van der Waals surface area contributed by atoms with E-state index in [9.17, 15) is 13.6 Å². The number of halogens is 2. The molecule has 0 heterocycles. The fraction of sp³-hybridized carbons (Fsp3) is 0.235. The van der Waals surface area contributed by atoms with Gasteiger partial charge in [-0.05, 0) is 30.7 Å². The highest BCUT2D eigenvalue weighted by Gasteiger charge is 2.35. The summed E-state index contributed by atoms with van der Waals surface area (Å²) in [6, 6.07) is 11.3. The zero-order valence-electron chi connectivity index (χ0n) is 12.2. The highest BCUT2D eigenvalue weighted by molar-refractivity contribution is 5.72. The first kappa shape index (κ1) is 16.1. The quantitative estimate of drug-likeness (QED) is 0.864. The van der Waals surface area contributed by atoms with Gasteiger partial charge in [0.15, 0.2) is 0 Å². The van der Waals surface area contributed by atoms with Gasteiger partial charge in [-0.25, -0.2) is 8.78 Å². The maximum Gasteiger partial charge on any atom is 0.308 e. The molecule has 0 fully saturated rings. The summed E-state index contributed by atoms with van der Waals surface area (Å²) < 4.78 is 32.2. The lowest BCUT2D eigenvalue weighted by atomic mass is 9.80. The number of esters is 1. The molecule has 2 aromatic carbocycles. The second-order valence-electron chi connectivity index (χ2n) is 4.94. The van der Waals surface area contributed by atoms with Crippen LogP contribution in [0.1, 0.15) is 24.5 Å². The van der Waals surface area contributed by atoms with Crippen LogP contribution in [0.5, 0.6) is 0 Å². The molecule has 2 N–H and O–H groups in total. The number of ether oxygens (including phenoxy) is 1. The van der Waals surface area contributed by atoms with E-state index in [1.165, 1.54) is 42.5 Å². The Kier molecular flexibility index (Phi) is 4.88. The molecule has 116 valence electrons. The standard InChI is InChI=1S/C17H17F2NO2/c1-2-22-16(21)11-17(20,12-7-9-13(18)10-8-12)14-5-3-4-6-15(14)19/h3-10H,2,11,20H2,1H3. The van der Waals surface area contributed by atoms with Crippen LogP contribution in [-0.4, -0.2) is 12.6 Å². The normalized spacial score (nSPS) is 13.5. The Morgan fingerprint density at radius 2 is 1.77 bits per heavy atom. The van der Waals surface area contributed by atoms with Crippen molar-refractivity contribution < 1.29 is 18.3 Å². The first-order chi connectivity index (χ1) is 10.5. The molecule has 0 aliphatic carbocycles. The molecule has 0 aliphatic heterocycles. The van der Waals surface area contributed by atoms with Gasteiger partial charge in [0.05, 0.1) is 18.6 Å². The Morgan fingerprint density at radius 3 is 2.36 bits per heavy atom. The van der Waals surface area contributed by atoms with Gasteiger partial charge in [-0.2, -0.15) is 0 Å². The summed E-state index contributed by atoms with van der Waals surface area (Å²) in [5.74, 6) is -1.51. The minimum absolute atomic E-state index is 0.162. The molecular weight excluding hydrogens is 288 g/mol. The molecule has 0 radical (unpaired) electrons. The van der Waals surface area contributed by atoms with Crippen molar-refractivity contribution in [1.29, 1.82) is 0 Å². The van der Waals surface area contributed by atoms with Gasteiger partial charge < -0.3 is 10.5 Å². The van der Waals surface area contributed by atoms with Crippen LogP contribution in [0.3, 0.4) is 0 Å². The molecule has 2 rings (SSSR count). The predicted octanol–water partition coefficient (Wildman–Crippen LogP) is 3.12. The SMILES string of the molecule is CCOC(=O)CC(N)(c1ccc(F)cc1)c1ccccc1F. The van der Waals surface area contributed by atoms with Gasteiger partial charge in [-0.3, -0.25) is 4.79 Å². The molecule has 22 heavy (non-hydrogen) atoms. The molecule has 0 bridgehead atoms. The van der Waals surface area contributed by atoms with Crippen molar-refractivity contribution in [3.63, 3.8) is 0 Å². The molecule has 3 nitrogen and oxygen atoms in total. The smallest absolute Gasteiger partial charge is 0.308 e. The summed E-state index contributed by atoms with van der Waals surface area (Å²) in [7, 11) is 0. The number of hydrogen-bond donors (Lipinski definition) is 1. The van der Waals surface area contributed by atoms with Crippen molar-refractivity contribution in [2.75, 3.05) is 6.61 Å². The summed E-state index contributed by atoms with van der Waals surface area (Å²) in [5.41, 5.74) is 5.53. The van der Waals surface area contributed by atoms with Crippen LogP contribution >= 0.6 is 0 Å². The van der Waals surface area contributed by atoms with Gasteiger partial charge in [0.1, 0.15) is 11.6 Å². The number of nitrogens with two attached hydrogens (primary N) is 1. The summed E-state index contributed by atoms with van der Waals surface area (Å²) >= 11 is 0. The fourth-order valence-electron chi connectivity index (χ4n) is 2.36. The van der Waals surface area contributed by atoms with Gasteiger partial charge in [-0.15, -0.1) is 0 Å². The Balaban J connectivity index is 2.51. The van der Waals surface area contributed by atoms with E-state index in [-0.39, 0.29) is 18.6 Å². The Bertz CT molecular complexity index is 658. The van der Waals surface area contributed by atoms with Gasteiger partial charge in [0, 0.05) is 5.56 Å². The van der Waals surface area contributed by atoms with Crippen LogP contribution in [-0.2, 0) is 15.1 Å². The topological polar surface area (TPSA) is 52.3 Å². The number of rotatable bonds is 5. The lowest BCUT2D eigenvalue weighted by molar-refractivity contribution is -0.144. The van der Waals surface area contributed by atoms with Crippen molar-refractivity contribution in [2.45, 2.75) is 18.9 Å². The Labute approximate surface area is 127 Å². The lowest BCUT2D eigenvalue weighted by Gasteiger charge is -2.30. The van der Waals surface area contributed by atoms with Crippen LogP contribution in [0.4, 0.5) is 8.78 Å². The van der Waals surface area contributed by atoms with Crippen molar-refractivity contribution in [3.05, 3.63) is 71.3 Å². The van der Waals surface area contributed by atoms with Gasteiger partial charge >= 0.3 is 5.97 Å². The maximum absolute atomic E-state index is 14.2. The third-order valence-electron chi connectivity index (χ3n) is 3.44. The number of benzene rings is 2. The van der Waals surface area contributed by atoms with Crippen molar-refractivity contribution >= 4 is 5.97 Å². The molecule has 0 saturated heterocycles. The molecule has 1 unspecified atom stereocenters. The molecule has 0 saturated carbocycles. The molecule has 0 aliphatic rings. The minimum Gasteiger partial charge on any atom is -0.466 e. The monoisotopic (exact) mass is 305 g/mol. The van der Waals surface area contributed by atoms with E-state index in [1.807, 2.05) is 0 Å². The molecule has 5 heteroatoms. The van der Waals surface area contributed by atoms with Crippen molar-refractivity contribution in [2.24, 2.45) is 5.73 Å². The summed E-state index contributed by atoms with van der Waals surface area (Å²) in [5, 5.41) is 0. The van der Waals surface area contributed by atoms with E-state index in [0.29, 0.717) is 5.56 Å². The van der Waals surface area contributed by atoms with Crippen molar-refractivity contribution in [1.82, 2.24) is 0 Å². The van der Waals surface area contributed by atoms with Crippen LogP contribution < -0.4 is 5.73 Å². The van der Waals surface area contributed by atoms with Crippen LogP contribution in [0.25, 0.3) is 0 Å². The number of hydrogen-bond acceptors (Lipinski definition) is 3. The largest absolute Gasteiger partial charge is 0.466 e. The van der Waals surface area contributed by atoms with E-state index in [1.54, 1.807) is 13.0 Å². The average molecular weight is 305 g/mol. The first-order valence-electron chi connectivity index (χ1n) is 6.93. The third-order valence-corrected chi connectivity index (χ3v) is 3.44. The molecular formula is C17H17F2NO2. The second kappa shape index (κ2) is 6.66. The van der Waals surface area contributed by atoms with E-state index in [0.717, 1.165) is 0 Å². The van der Waals surface area contributed by atoms with E-state index in [2.05, 4.69) is 0 Å². The van der Waals surface area contributed by atoms with Gasteiger partial charge in [0.2, 0.25) is 0 Å². The van der Waals surface area contributed by atoms with Crippen LogP contribution in [0.15, 0.2) is 48.5 Å². The summed E-state index contributed by atoms with van der Waals surface area (Å²) in [6.45, 7) is 1.88. The first-order valence-corrected chi connectivity index (χ1v) is 6.93. The fourth-order valence-corrected chi connectivity index (χ4v) is 2.36. The third kappa shape index (κ3) is 3.31. The van der Waals surface area contributed by atoms with Gasteiger partial charge in [-0.1, -0.05) is 30.3 Å². The summed E-state index contributed by atoms with van der Waals surface area (Å²) in [6.07, 6.45) is -0.243. The highest BCUT2D eigenvalue weighted by Crippen LogP contribution is 2.32. The highest BCUT2D eigenvalue weighted by atomic mass is 19.1. The second-order valence-corrected chi connectivity index (χ2v) is 4.94. The molecule has 0 amide bonds. The number of carbonyl (C=O) groups is 1. The zero-order valence-corrected chi connectivity index (χ0v) is 12.2. The lowest BCUT2D eigenvalue weighted by Crippen LogP contribution is -2.41. The summed E-state index contributed by atoms with van der Waals surface area (Å²) in [4.78, 5) is 11.9. The Hall–Kier alpha value is -2.27. The molecule has 0 aromatic heterocycles. The molecule has 2 aromatic rings. The van der Waals surface area contributed by atoms with E-state index < -0.39 is 23.1 Å². The molecule has 1 atom stereocenters. The predicted molar refractivity (Wildman–Crippen MR) is 79.0 cm³/mol. The number of carbonyl (C=O) groups excluding carboxylic acids is 1. The van der Waals surface area contributed by atoms with Crippen LogP contribution in [0.2, 0.25) is 0 Å². The minimum atomic E-state index is -1.43. The van der Waals surface area contributed by atoms with Crippen molar-refractivity contribution in [3.8, 4) is 0 Å². The zero-order chi connectivity index (χ0) is 16.2.